The van der Waals surface area contributed by atoms with Crippen LogP contribution in [0.4, 0.5) is 0 Å². The predicted molar refractivity (Wildman–Crippen MR) is 85.0 cm³/mol. The van der Waals surface area contributed by atoms with Gasteiger partial charge in [-0.25, -0.2) is 9.97 Å². The van der Waals surface area contributed by atoms with Crippen molar-refractivity contribution in [2.75, 3.05) is 26.2 Å². The Morgan fingerprint density at radius 3 is 2.87 bits per heavy atom. The van der Waals surface area contributed by atoms with Crippen LogP contribution in [0.25, 0.3) is 5.52 Å². The van der Waals surface area contributed by atoms with Crippen LogP contribution < -0.4 is 0 Å². The molecule has 4 rings (SSSR count). The average Bonchev–Trinajstić information content (AvgIpc) is 3.25. The maximum absolute atomic E-state index is 12.6. The number of carbonyl (C=O) groups is 1. The van der Waals surface area contributed by atoms with Crippen LogP contribution >= 0.6 is 0 Å². The topological polar surface area (TPSA) is 69.5 Å². The standard InChI is InChI=1S/C16H18N6O/c23-16(13-1-2-14-9-17-12-22(14)10-13)21-7-5-20(6-8-21)11-15-18-3-4-19-15/h1-4,9-10,12H,5-8,11H2,(H,18,19). The number of amides is 1. The number of hydrogen-bond donors (Lipinski definition) is 1. The lowest BCUT2D eigenvalue weighted by Gasteiger charge is -2.34. The summed E-state index contributed by atoms with van der Waals surface area (Å²) >= 11 is 0. The number of pyridine rings is 1. The zero-order valence-corrected chi connectivity index (χ0v) is 12.7. The van der Waals surface area contributed by atoms with E-state index in [1.807, 2.05) is 33.8 Å². The zero-order valence-electron chi connectivity index (χ0n) is 12.7. The van der Waals surface area contributed by atoms with Crippen LogP contribution in [0.2, 0.25) is 0 Å². The summed E-state index contributed by atoms with van der Waals surface area (Å²) in [6, 6.07) is 3.79. The third kappa shape index (κ3) is 2.83. The first-order valence-electron chi connectivity index (χ1n) is 7.71. The van der Waals surface area contributed by atoms with Crippen molar-refractivity contribution in [1.29, 1.82) is 0 Å². The van der Waals surface area contributed by atoms with Crippen molar-refractivity contribution in [2.24, 2.45) is 0 Å². The largest absolute Gasteiger partial charge is 0.348 e. The van der Waals surface area contributed by atoms with Crippen LogP contribution in [0.3, 0.4) is 0 Å². The monoisotopic (exact) mass is 310 g/mol. The molecule has 7 nitrogen and oxygen atoms in total. The molecule has 1 saturated heterocycles. The Hall–Kier alpha value is -2.67. The van der Waals surface area contributed by atoms with Crippen LogP contribution in [0.5, 0.6) is 0 Å². The van der Waals surface area contributed by atoms with Gasteiger partial charge in [0.2, 0.25) is 0 Å². The maximum Gasteiger partial charge on any atom is 0.255 e. The number of aromatic nitrogens is 4. The highest BCUT2D eigenvalue weighted by molar-refractivity contribution is 5.94. The highest BCUT2D eigenvalue weighted by Crippen LogP contribution is 2.12. The fourth-order valence-corrected chi connectivity index (χ4v) is 2.93. The van der Waals surface area contributed by atoms with Gasteiger partial charge in [0, 0.05) is 44.8 Å². The van der Waals surface area contributed by atoms with E-state index in [0.29, 0.717) is 5.56 Å². The van der Waals surface area contributed by atoms with E-state index in [0.717, 1.165) is 44.1 Å². The Balaban J connectivity index is 1.40. The molecule has 0 aliphatic carbocycles. The van der Waals surface area contributed by atoms with Gasteiger partial charge in [0.05, 0.1) is 30.1 Å². The first kappa shape index (κ1) is 14.0. The van der Waals surface area contributed by atoms with Crippen LogP contribution in [0, 0.1) is 0 Å². The number of fused-ring (bicyclic) bond motifs is 1. The maximum atomic E-state index is 12.6. The summed E-state index contributed by atoms with van der Waals surface area (Å²) in [5.41, 5.74) is 1.69. The molecule has 0 aromatic carbocycles. The average molecular weight is 310 g/mol. The number of nitrogens with one attached hydrogen (secondary N) is 1. The molecule has 7 heteroatoms. The first-order chi connectivity index (χ1) is 11.3. The summed E-state index contributed by atoms with van der Waals surface area (Å²) in [6.45, 7) is 4.00. The Morgan fingerprint density at radius 1 is 1.22 bits per heavy atom. The zero-order chi connectivity index (χ0) is 15.6. The summed E-state index contributed by atoms with van der Waals surface area (Å²) in [4.78, 5) is 28.3. The lowest BCUT2D eigenvalue weighted by molar-refractivity contribution is 0.0625. The summed E-state index contributed by atoms with van der Waals surface area (Å²) in [6.07, 6.45) is 8.94. The van der Waals surface area contributed by atoms with Crippen LogP contribution in [0.15, 0.2) is 43.2 Å². The van der Waals surface area contributed by atoms with Crippen molar-refractivity contribution in [2.45, 2.75) is 6.54 Å². The number of aromatic amines is 1. The van der Waals surface area contributed by atoms with Crippen molar-refractivity contribution in [1.82, 2.24) is 29.2 Å². The van der Waals surface area contributed by atoms with Gasteiger partial charge in [0.1, 0.15) is 5.82 Å². The van der Waals surface area contributed by atoms with E-state index in [-0.39, 0.29) is 5.91 Å². The lowest BCUT2D eigenvalue weighted by atomic mass is 10.2. The summed E-state index contributed by atoms with van der Waals surface area (Å²) in [7, 11) is 0. The molecule has 0 bridgehead atoms. The van der Waals surface area contributed by atoms with E-state index in [1.165, 1.54) is 0 Å². The second-order valence-corrected chi connectivity index (χ2v) is 5.75. The summed E-state index contributed by atoms with van der Waals surface area (Å²) < 4.78 is 1.88. The fourth-order valence-electron chi connectivity index (χ4n) is 2.93. The Morgan fingerprint density at radius 2 is 2.09 bits per heavy atom. The van der Waals surface area contributed by atoms with E-state index >= 15 is 0 Å². The van der Waals surface area contributed by atoms with E-state index in [4.69, 9.17) is 0 Å². The van der Waals surface area contributed by atoms with Gasteiger partial charge in [0.15, 0.2) is 0 Å². The molecule has 1 amide bonds. The Labute approximate surface area is 133 Å². The second kappa shape index (κ2) is 5.85. The number of hydrogen-bond acceptors (Lipinski definition) is 4. The van der Waals surface area contributed by atoms with Gasteiger partial charge in [-0.2, -0.15) is 0 Å². The van der Waals surface area contributed by atoms with Crippen LogP contribution in [-0.2, 0) is 6.54 Å². The lowest BCUT2D eigenvalue weighted by Crippen LogP contribution is -2.48. The second-order valence-electron chi connectivity index (χ2n) is 5.75. The third-order valence-electron chi connectivity index (χ3n) is 4.24. The van der Waals surface area contributed by atoms with Gasteiger partial charge in [-0.3, -0.25) is 9.69 Å². The molecule has 0 saturated carbocycles. The number of carbonyl (C=O) groups excluding carboxylic acids is 1. The normalized spacial score (nSPS) is 16.1. The van der Waals surface area contributed by atoms with Gasteiger partial charge in [0.25, 0.3) is 5.91 Å². The molecular weight excluding hydrogens is 292 g/mol. The molecule has 23 heavy (non-hydrogen) atoms. The summed E-state index contributed by atoms with van der Waals surface area (Å²) in [5.74, 6) is 1.05. The van der Waals surface area contributed by atoms with Crippen LogP contribution in [-0.4, -0.2) is 61.2 Å². The molecular formula is C16H18N6O. The van der Waals surface area contributed by atoms with Gasteiger partial charge in [-0.1, -0.05) is 0 Å². The predicted octanol–water partition coefficient (Wildman–Crippen LogP) is 1.02. The first-order valence-corrected chi connectivity index (χ1v) is 7.71. The molecule has 0 atom stereocenters. The van der Waals surface area contributed by atoms with Gasteiger partial charge < -0.3 is 14.3 Å². The molecule has 0 spiro atoms. The van der Waals surface area contributed by atoms with E-state index in [9.17, 15) is 4.79 Å². The van der Waals surface area contributed by atoms with Gasteiger partial charge >= 0.3 is 0 Å². The van der Waals surface area contributed by atoms with Crippen molar-refractivity contribution in [3.8, 4) is 0 Å². The van der Waals surface area contributed by atoms with Crippen molar-refractivity contribution < 1.29 is 4.79 Å². The molecule has 0 unspecified atom stereocenters. The Bertz CT molecular complexity index is 801. The quantitative estimate of drug-likeness (QED) is 0.784. The Kier molecular flexibility index (Phi) is 3.55. The third-order valence-corrected chi connectivity index (χ3v) is 4.24. The molecule has 0 radical (unpaired) electrons. The molecule has 3 aromatic heterocycles. The molecule has 1 N–H and O–H groups in total. The summed E-state index contributed by atoms with van der Waals surface area (Å²) in [5, 5.41) is 0. The van der Waals surface area contributed by atoms with Gasteiger partial charge in [-0.05, 0) is 12.1 Å². The number of H-pyrrole nitrogens is 1. The number of nitrogens with zero attached hydrogens (tertiary/aromatic N) is 5. The minimum absolute atomic E-state index is 0.0817. The highest BCUT2D eigenvalue weighted by Gasteiger charge is 2.22. The number of rotatable bonds is 3. The molecule has 1 aliphatic heterocycles. The molecule has 3 aromatic rings. The fraction of sp³-hybridized carbons (Fsp3) is 0.312. The van der Waals surface area contributed by atoms with E-state index < -0.39 is 0 Å². The van der Waals surface area contributed by atoms with E-state index in [2.05, 4.69) is 19.9 Å². The molecule has 1 fully saturated rings. The highest BCUT2D eigenvalue weighted by atomic mass is 16.2. The SMILES string of the molecule is O=C(c1ccc2cncn2c1)N1CCN(Cc2ncc[nH]2)CC1. The molecule has 4 heterocycles. The molecule has 1 aliphatic rings. The number of piperazine rings is 1. The number of imidazole rings is 2. The minimum Gasteiger partial charge on any atom is -0.348 e. The van der Waals surface area contributed by atoms with Gasteiger partial charge in [-0.15, -0.1) is 0 Å². The van der Waals surface area contributed by atoms with Crippen molar-refractivity contribution in [3.05, 3.63) is 54.6 Å². The van der Waals surface area contributed by atoms with Crippen LogP contribution in [0.1, 0.15) is 16.2 Å². The molecule has 118 valence electrons. The smallest absolute Gasteiger partial charge is 0.255 e. The van der Waals surface area contributed by atoms with Crippen molar-refractivity contribution >= 4 is 11.4 Å². The minimum atomic E-state index is 0.0817. The van der Waals surface area contributed by atoms with E-state index in [1.54, 1.807) is 18.7 Å². The van der Waals surface area contributed by atoms with Crippen molar-refractivity contribution in [3.63, 3.8) is 0 Å².